The van der Waals surface area contributed by atoms with E-state index in [9.17, 15) is 4.79 Å². The molecule has 26 heavy (non-hydrogen) atoms. The molecule has 0 amide bonds. The Morgan fingerprint density at radius 3 is 2.65 bits per heavy atom. The first-order valence-electron chi connectivity index (χ1n) is 9.36. The maximum absolute atomic E-state index is 12.4. The van der Waals surface area contributed by atoms with E-state index in [1.54, 1.807) is 7.11 Å². The van der Waals surface area contributed by atoms with Crippen molar-refractivity contribution >= 4 is 5.78 Å². The highest BCUT2D eigenvalue weighted by Crippen LogP contribution is 2.30. The zero-order chi connectivity index (χ0) is 18.4. The summed E-state index contributed by atoms with van der Waals surface area (Å²) in [4.78, 5) is 16.7. The second kappa shape index (κ2) is 8.84. The van der Waals surface area contributed by atoms with Gasteiger partial charge in [0, 0.05) is 25.1 Å². The first kappa shape index (κ1) is 18.4. The number of ketones is 1. The van der Waals surface area contributed by atoms with Gasteiger partial charge in [0.15, 0.2) is 0 Å². The third-order valence-corrected chi connectivity index (χ3v) is 5.02. The number of benzene rings is 1. The third-order valence-electron chi connectivity index (χ3n) is 5.02. The van der Waals surface area contributed by atoms with Gasteiger partial charge < -0.3 is 9.47 Å². The number of carbonyl (C=O) groups is 1. The van der Waals surface area contributed by atoms with Crippen molar-refractivity contribution in [2.75, 3.05) is 7.11 Å². The van der Waals surface area contributed by atoms with Gasteiger partial charge >= 0.3 is 0 Å². The van der Waals surface area contributed by atoms with Crippen LogP contribution in [0, 0.1) is 12.8 Å². The summed E-state index contributed by atoms with van der Waals surface area (Å²) in [6.07, 6.45) is 7.27. The van der Waals surface area contributed by atoms with Crippen LogP contribution in [-0.4, -0.2) is 24.0 Å². The summed E-state index contributed by atoms with van der Waals surface area (Å²) >= 11 is 0. The minimum atomic E-state index is 0.218. The lowest BCUT2D eigenvalue weighted by Gasteiger charge is -2.28. The van der Waals surface area contributed by atoms with Gasteiger partial charge in [0.25, 0.3) is 0 Å². The molecule has 0 bridgehead atoms. The lowest BCUT2D eigenvalue weighted by molar-refractivity contribution is -0.119. The van der Waals surface area contributed by atoms with E-state index in [0.29, 0.717) is 30.4 Å². The molecular formula is C22H27NO3. The fraction of sp³-hybridized carbons (Fsp3) is 0.455. The lowest BCUT2D eigenvalue weighted by Crippen LogP contribution is -2.26. The second-order valence-electron chi connectivity index (χ2n) is 7.21. The van der Waals surface area contributed by atoms with Crippen molar-refractivity contribution in [3.05, 3.63) is 53.7 Å². The highest BCUT2D eigenvalue weighted by atomic mass is 16.5. The molecule has 0 aliphatic heterocycles. The van der Waals surface area contributed by atoms with Gasteiger partial charge in [-0.25, -0.2) is 4.98 Å². The predicted molar refractivity (Wildman–Crippen MR) is 102 cm³/mol. The maximum atomic E-state index is 12.4. The summed E-state index contributed by atoms with van der Waals surface area (Å²) in [6, 6.07) is 11.7. The molecule has 2 aromatic rings. The molecule has 3 rings (SSSR count). The SMILES string of the molecule is COc1cccc(CC(=O)CC2CCC(Oc3ccc(C)cn3)CC2)c1. The van der Waals surface area contributed by atoms with Crippen molar-refractivity contribution in [3.8, 4) is 11.6 Å². The average Bonchev–Trinajstić information content (AvgIpc) is 2.65. The van der Waals surface area contributed by atoms with Crippen LogP contribution < -0.4 is 9.47 Å². The topological polar surface area (TPSA) is 48.4 Å². The van der Waals surface area contributed by atoms with Gasteiger partial charge in [-0.2, -0.15) is 0 Å². The number of hydrogen-bond donors (Lipinski definition) is 0. The van der Waals surface area contributed by atoms with E-state index in [2.05, 4.69) is 4.98 Å². The number of Topliss-reactive ketones (excluding diaryl/α,β-unsaturated/α-hetero) is 1. The highest BCUT2D eigenvalue weighted by Gasteiger charge is 2.24. The van der Waals surface area contributed by atoms with E-state index in [1.165, 1.54) is 0 Å². The molecule has 0 saturated heterocycles. The molecule has 0 radical (unpaired) electrons. The number of rotatable bonds is 7. The molecule has 1 fully saturated rings. The largest absolute Gasteiger partial charge is 0.497 e. The molecule has 1 saturated carbocycles. The zero-order valence-electron chi connectivity index (χ0n) is 15.6. The molecule has 1 heterocycles. The molecule has 0 unspecified atom stereocenters. The number of aryl methyl sites for hydroxylation is 1. The van der Waals surface area contributed by atoms with E-state index in [-0.39, 0.29) is 6.10 Å². The molecule has 0 atom stereocenters. The maximum Gasteiger partial charge on any atom is 0.213 e. The molecule has 1 aliphatic carbocycles. The molecule has 4 nitrogen and oxygen atoms in total. The number of pyridine rings is 1. The number of methoxy groups -OCH3 is 1. The Labute approximate surface area is 155 Å². The van der Waals surface area contributed by atoms with Crippen LogP contribution >= 0.6 is 0 Å². The van der Waals surface area contributed by atoms with Gasteiger partial charge in [-0.15, -0.1) is 0 Å². The van der Waals surface area contributed by atoms with E-state index in [0.717, 1.165) is 42.6 Å². The van der Waals surface area contributed by atoms with Crippen LogP contribution in [0.4, 0.5) is 0 Å². The van der Waals surface area contributed by atoms with Gasteiger partial charge in [-0.1, -0.05) is 18.2 Å². The first-order valence-corrected chi connectivity index (χ1v) is 9.36. The van der Waals surface area contributed by atoms with Crippen molar-refractivity contribution in [3.63, 3.8) is 0 Å². The predicted octanol–water partition coefficient (Wildman–Crippen LogP) is 4.54. The number of carbonyl (C=O) groups excluding carboxylic acids is 1. The van der Waals surface area contributed by atoms with Crippen molar-refractivity contribution in [1.29, 1.82) is 0 Å². The van der Waals surface area contributed by atoms with Crippen LogP contribution in [-0.2, 0) is 11.2 Å². The lowest BCUT2D eigenvalue weighted by atomic mass is 9.83. The van der Waals surface area contributed by atoms with Crippen molar-refractivity contribution in [1.82, 2.24) is 4.98 Å². The van der Waals surface area contributed by atoms with E-state index in [1.807, 2.05) is 49.5 Å². The zero-order valence-corrected chi connectivity index (χ0v) is 15.6. The molecule has 1 aromatic heterocycles. The summed E-state index contributed by atoms with van der Waals surface area (Å²) in [7, 11) is 1.65. The fourth-order valence-electron chi connectivity index (χ4n) is 3.55. The third kappa shape index (κ3) is 5.32. The highest BCUT2D eigenvalue weighted by molar-refractivity contribution is 5.81. The Balaban J connectivity index is 1.43. The Kier molecular flexibility index (Phi) is 6.26. The van der Waals surface area contributed by atoms with Gasteiger partial charge in [0.1, 0.15) is 17.6 Å². The normalized spacial score (nSPS) is 19.8. The molecular weight excluding hydrogens is 326 g/mol. The quantitative estimate of drug-likeness (QED) is 0.733. The Hall–Kier alpha value is -2.36. The van der Waals surface area contributed by atoms with Gasteiger partial charge in [0.05, 0.1) is 7.11 Å². The molecule has 0 N–H and O–H groups in total. The minimum Gasteiger partial charge on any atom is -0.497 e. The monoisotopic (exact) mass is 353 g/mol. The second-order valence-corrected chi connectivity index (χ2v) is 7.21. The number of hydrogen-bond acceptors (Lipinski definition) is 4. The molecule has 1 aromatic carbocycles. The fourth-order valence-corrected chi connectivity index (χ4v) is 3.55. The van der Waals surface area contributed by atoms with Crippen LogP contribution in [0.25, 0.3) is 0 Å². The summed E-state index contributed by atoms with van der Waals surface area (Å²) in [5, 5.41) is 0. The average molecular weight is 353 g/mol. The van der Waals surface area contributed by atoms with Crippen molar-refractivity contribution in [2.24, 2.45) is 5.92 Å². The summed E-state index contributed by atoms with van der Waals surface area (Å²) in [6.45, 7) is 2.02. The van der Waals surface area contributed by atoms with Gasteiger partial charge in [-0.05, 0) is 61.8 Å². The smallest absolute Gasteiger partial charge is 0.213 e. The minimum absolute atomic E-state index is 0.218. The number of nitrogens with zero attached hydrogens (tertiary/aromatic N) is 1. The standard InChI is InChI=1S/C22H27NO3/c1-16-6-11-22(23-15-16)26-20-9-7-17(8-10-20)12-19(24)13-18-4-3-5-21(14-18)25-2/h3-6,11,14-15,17,20H,7-10,12-13H2,1-2H3. The van der Waals surface area contributed by atoms with Crippen LogP contribution in [0.15, 0.2) is 42.6 Å². The van der Waals surface area contributed by atoms with Crippen LogP contribution in [0.1, 0.15) is 43.2 Å². The summed E-state index contributed by atoms with van der Waals surface area (Å²) in [5.41, 5.74) is 2.16. The Bertz CT molecular complexity index is 718. The van der Waals surface area contributed by atoms with Gasteiger partial charge in [0.2, 0.25) is 5.88 Å². The van der Waals surface area contributed by atoms with Crippen LogP contribution in [0.3, 0.4) is 0 Å². The van der Waals surface area contributed by atoms with E-state index in [4.69, 9.17) is 9.47 Å². The number of aromatic nitrogens is 1. The van der Waals surface area contributed by atoms with Crippen LogP contribution in [0.5, 0.6) is 11.6 Å². The molecule has 0 spiro atoms. The first-order chi connectivity index (χ1) is 12.6. The van der Waals surface area contributed by atoms with E-state index >= 15 is 0 Å². The molecule has 4 heteroatoms. The summed E-state index contributed by atoms with van der Waals surface area (Å²) in [5.74, 6) is 2.28. The Morgan fingerprint density at radius 2 is 1.96 bits per heavy atom. The number of ether oxygens (including phenoxy) is 2. The Morgan fingerprint density at radius 1 is 1.15 bits per heavy atom. The summed E-state index contributed by atoms with van der Waals surface area (Å²) < 4.78 is 11.2. The molecule has 1 aliphatic rings. The van der Waals surface area contributed by atoms with Crippen LogP contribution in [0.2, 0.25) is 0 Å². The van der Waals surface area contributed by atoms with Crippen molar-refractivity contribution in [2.45, 2.75) is 51.6 Å². The molecule has 138 valence electrons. The van der Waals surface area contributed by atoms with Crippen molar-refractivity contribution < 1.29 is 14.3 Å². The van der Waals surface area contributed by atoms with E-state index < -0.39 is 0 Å². The van der Waals surface area contributed by atoms with Gasteiger partial charge in [-0.3, -0.25) is 4.79 Å².